The third-order valence-corrected chi connectivity index (χ3v) is 4.85. The highest BCUT2D eigenvalue weighted by atomic mass is 19.3. The van der Waals surface area contributed by atoms with Gasteiger partial charge in [-0.05, 0) is 36.4 Å². The Hall–Kier alpha value is -2.87. The fourth-order valence-electron chi connectivity index (χ4n) is 3.34. The molecule has 156 valence electrons. The second kappa shape index (κ2) is 9.56. The molecule has 3 rings (SSSR count). The van der Waals surface area contributed by atoms with Gasteiger partial charge in [0, 0.05) is 43.9 Å². The average molecular weight is 406 g/mol. The van der Waals surface area contributed by atoms with Gasteiger partial charge in [0.1, 0.15) is 17.2 Å². The van der Waals surface area contributed by atoms with Crippen LogP contribution in [0, 0.1) is 0 Å². The molecule has 1 aliphatic heterocycles. The highest BCUT2D eigenvalue weighted by molar-refractivity contribution is 5.94. The van der Waals surface area contributed by atoms with Crippen LogP contribution in [0.2, 0.25) is 0 Å². The Balaban J connectivity index is 1.60. The van der Waals surface area contributed by atoms with Crippen LogP contribution in [0.4, 0.5) is 8.78 Å². The Morgan fingerprint density at radius 2 is 1.76 bits per heavy atom. The summed E-state index contributed by atoms with van der Waals surface area (Å²) in [5, 5.41) is 0. The second-order valence-electron chi connectivity index (χ2n) is 6.65. The summed E-state index contributed by atoms with van der Waals surface area (Å²) in [6.45, 7) is 0.243. The van der Waals surface area contributed by atoms with Crippen LogP contribution in [0.25, 0.3) is 0 Å². The maximum Gasteiger partial charge on any atom is 0.387 e. The van der Waals surface area contributed by atoms with Crippen molar-refractivity contribution >= 4 is 5.91 Å². The Kier molecular flexibility index (Phi) is 6.87. The van der Waals surface area contributed by atoms with Crippen molar-refractivity contribution in [3.8, 4) is 17.2 Å². The smallest absolute Gasteiger partial charge is 0.387 e. The predicted molar refractivity (Wildman–Crippen MR) is 104 cm³/mol. The number of halogens is 2. The number of carbonyl (C=O) groups is 1. The molecule has 0 atom stereocenters. The van der Waals surface area contributed by atoms with Crippen LogP contribution in [0.5, 0.6) is 17.2 Å². The van der Waals surface area contributed by atoms with Crippen LogP contribution in [0.3, 0.4) is 0 Å². The first kappa shape index (κ1) is 20.9. The number of ether oxygens (including phenoxy) is 3. The Morgan fingerprint density at radius 3 is 2.41 bits per heavy atom. The molecule has 8 heteroatoms. The van der Waals surface area contributed by atoms with Gasteiger partial charge in [0.2, 0.25) is 0 Å². The molecule has 0 aliphatic carbocycles. The van der Waals surface area contributed by atoms with Crippen LogP contribution < -0.4 is 14.2 Å². The lowest BCUT2D eigenvalue weighted by atomic mass is 10.1. The topological polar surface area (TPSA) is 51.2 Å². The van der Waals surface area contributed by atoms with Crippen molar-refractivity contribution in [3.05, 3.63) is 53.6 Å². The number of hydrogen-bond acceptors (Lipinski definition) is 5. The van der Waals surface area contributed by atoms with Crippen LogP contribution in [0.1, 0.15) is 15.9 Å². The van der Waals surface area contributed by atoms with Crippen molar-refractivity contribution in [1.82, 2.24) is 9.80 Å². The molecule has 0 spiro atoms. The summed E-state index contributed by atoms with van der Waals surface area (Å²) in [7, 11) is 3.26. The third-order valence-electron chi connectivity index (χ3n) is 4.85. The van der Waals surface area contributed by atoms with E-state index < -0.39 is 6.61 Å². The van der Waals surface area contributed by atoms with Crippen molar-refractivity contribution in [2.24, 2.45) is 0 Å². The number of carbonyl (C=O) groups excluding carboxylic acids is 1. The summed E-state index contributed by atoms with van der Waals surface area (Å²) >= 11 is 0. The molecule has 6 nitrogen and oxygen atoms in total. The van der Waals surface area contributed by atoms with Crippen molar-refractivity contribution in [2.75, 3.05) is 40.4 Å². The molecule has 1 fully saturated rings. The van der Waals surface area contributed by atoms with E-state index in [1.54, 1.807) is 25.2 Å². The molecule has 29 heavy (non-hydrogen) atoms. The number of benzene rings is 2. The number of piperazine rings is 1. The van der Waals surface area contributed by atoms with E-state index >= 15 is 0 Å². The maximum atomic E-state index is 12.7. The Labute approximate surface area is 168 Å². The normalized spacial score (nSPS) is 14.7. The molecule has 2 aromatic carbocycles. The summed E-state index contributed by atoms with van der Waals surface area (Å²) in [6, 6.07) is 11.6. The molecule has 1 aliphatic rings. The van der Waals surface area contributed by atoms with Gasteiger partial charge >= 0.3 is 6.61 Å². The summed E-state index contributed by atoms with van der Waals surface area (Å²) in [6.07, 6.45) is 0. The quantitative estimate of drug-likeness (QED) is 0.707. The number of rotatable bonds is 7. The van der Waals surface area contributed by atoms with Crippen LogP contribution >= 0.6 is 0 Å². The molecule has 0 bridgehead atoms. The Morgan fingerprint density at radius 1 is 1.00 bits per heavy atom. The molecule has 0 saturated carbocycles. The van der Waals surface area contributed by atoms with Crippen molar-refractivity contribution < 1.29 is 27.8 Å². The molecule has 1 amide bonds. The number of methoxy groups -OCH3 is 2. The molecule has 0 aromatic heterocycles. The summed E-state index contributed by atoms with van der Waals surface area (Å²) in [5.41, 5.74) is 1.36. The zero-order valence-electron chi connectivity index (χ0n) is 16.4. The lowest BCUT2D eigenvalue weighted by molar-refractivity contribution is -0.0499. The number of hydrogen-bond donors (Lipinski definition) is 0. The highest BCUT2D eigenvalue weighted by Crippen LogP contribution is 2.26. The van der Waals surface area contributed by atoms with E-state index in [0.717, 1.165) is 17.1 Å². The van der Waals surface area contributed by atoms with Crippen molar-refractivity contribution in [3.63, 3.8) is 0 Å². The van der Waals surface area contributed by atoms with E-state index in [-0.39, 0.29) is 11.7 Å². The van der Waals surface area contributed by atoms with E-state index in [9.17, 15) is 13.6 Å². The lowest BCUT2D eigenvalue weighted by Gasteiger charge is -2.35. The van der Waals surface area contributed by atoms with Gasteiger partial charge in [-0.15, -0.1) is 0 Å². The van der Waals surface area contributed by atoms with Gasteiger partial charge in [0.15, 0.2) is 0 Å². The van der Waals surface area contributed by atoms with Gasteiger partial charge in [-0.25, -0.2) is 0 Å². The summed E-state index contributed by atoms with van der Waals surface area (Å²) in [4.78, 5) is 16.7. The van der Waals surface area contributed by atoms with Gasteiger partial charge in [0.05, 0.1) is 14.2 Å². The molecule has 0 radical (unpaired) electrons. The lowest BCUT2D eigenvalue weighted by Crippen LogP contribution is -2.48. The monoisotopic (exact) mass is 406 g/mol. The van der Waals surface area contributed by atoms with Gasteiger partial charge in [-0.1, -0.05) is 6.07 Å². The SMILES string of the molecule is COc1ccc(OC)c(CN2CCN(C(=O)c3cccc(OC(F)F)c3)CC2)c1. The molecular weight excluding hydrogens is 382 g/mol. The number of alkyl halides is 2. The molecule has 1 heterocycles. The summed E-state index contributed by atoms with van der Waals surface area (Å²) in [5.74, 6) is 1.35. The van der Waals surface area contributed by atoms with E-state index in [2.05, 4.69) is 9.64 Å². The number of amides is 1. The molecule has 0 unspecified atom stereocenters. The zero-order valence-corrected chi connectivity index (χ0v) is 16.4. The largest absolute Gasteiger partial charge is 0.497 e. The van der Waals surface area contributed by atoms with E-state index in [0.29, 0.717) is 38.3 Å². The minimum atomic E-state index is -2.92. The maximum absolute atomic E-state index is 12.7. The van der Waals surface area contributed by atoms with Crippen LogP contribution in [-0.4, -0.2) is 62.7 Å². The van der Waals surface area contributed by atoms with Crippen molar-refractivity contribution in [2.45, 2.75) is 13.2 Å². The van der Waals surface area contributed by atoms with E-state index in [1.807, 2.05) is 18.2 Å². The van der Waals surface area contributed by atoms with E-state index in [4.69, 9.17) is 9.47 Å². The third kappa shape index (κ3) is 5.35. The Bertz CT molecular complexity index is 839. The number of nitrogens with zero attached hydrogens (tertiary/aromatic N) is 2. The first-order valence-corrected chi connectivity index (χ1v) is 9.27. The predicted octanol–water partition coefficient (Wildman–Crippen LogP) is 3.26. The van der Waals surface area contributed by atoms with E-state index in [1.165, 1.54) is 18.2 Å². The van der Waals surface area contributed by atoms with Gasteiger partial charge in [-0.2, -0.15) is 8.78 Å². The van der Waals surface area contributed by atoms with Crippen molar-refractivity contribution in [1.29, 1.82) is 0 Å². The zero-order chi connectivity index (χ0) is 20.8. The average Bonchev–Trinajstić information content (AvgIpc) is 2.73. The summed E-state index contributed by atoms with van der Waals surface area (Å²) < 4.78 is 39.9. The minimum absolute atomic E-state index is 0.0189. The highest BCUT2D eigenvalue weighted by Gasteiger charge is 2.23. The molecule has 0 N–H and O–H groups in total. The molecular formula is C21H24F2N2O4. The van der Waals surface area contributed by atoms with Gasteiger partial charge in [-0.3, -0.25) is 9.69 Å². The van der Waals surface area contributed by atoms with Gasteiger partial charge < -0.3 is 19.1 Å². The fraction of sp³-hybridized carbons (Fsp3) is 0.381. The second-order valence-corrected chi connectivity index (χ2v) is 6.65. The van der Waals surface area contributed by atoms with Crippen LogP contribution in [-0.2, 0) is 6.54 Å². The van der Waals surface area contributed by atoms with Gasteiger partial charge in [0.25, 0.3) is 5.91 Å². The molecule has 2 aromatic rings. The minimum Gasteiger partial charge on any atom is -0.497 e. The molecule has 1 saturated heterocycles. The standard InChI is InChI=1S/C21H24F2N2O4/c1-27-17-6-7-19(28-2)16(13-17)14-24-8-10-25(11-9-24)20(26)15-4-3-5-18(12-15)29-21(22)23/h3-7,12-13,21H,8-11,14H2,1-2H3. The first-order chi connectivity index (χ1) is 14.0. The first-order valence-electron chi connectivity index (χ1n) is 9.27. The van der Waals surface area contributed by atoms with Crippen LogP contribution in [0.15, 0.2) is 42.5 Å². The fourth-order valence-corrected chi connectivity index (χ4v) is 3.34.